The Morgan fingerprint density at radius 1 is 1.38 bits per heavy atom. The lowest BCUT2D eigenvalue weighted by Gasteiger charge is -2.10. The molecule has 0 aromatic heterocycles. The maximum absolute atomic E-state index is 8.75. The van der Waals surface area contributed by atoms with E-state index >= 15 is 0 Å². The monoisotopic (exact) mass is 177 g/mol. The van der Waals surface area contributed by atoms with Gasteiger partial charge in [-0.3, -0.25) is 0 Å². The zero-order chi connectivity index (χ0) is 9.10. The molecule has 1 atom stereocenters. The van der Waals surface area contributed by atoms with Gasteiger partial charge >= 0.3 is 0 Å². The van der Waals surface area contributed by atoms with E-state index in [4.69, 9.17) is 5.11 Å². The van der Waals surface area contributed by atoms with Gasteiger partial charge in [0.1, 0.15) is 0 Å². The lowest BCUT2D eigenvalue weighted by Crippen LogP contribution is -2.12. The Labute approximate surface area is 78.6 Å². The molecule has 1 unspecified atom stereocenters. The first kappa shape index (κ1) is 8.73. The van der Waals surface area contributed by atoms with E-state index in [2.05, 4.69) is 29.6 Å². The van der Waals surface area contributed by atoms with Crippen LogP contribution in [0.5, 0.6) is 0 Å². The molecule has 0 aliphatic carbocycles. The number of hydrogen-bond donors (Lipinski definition) is 2. The van der Waals surface area contributed by atoms with Crippen LogP contribution in [-0.4, -0.2) is 11.7 Å². The number of aliphatic hydroxyl groups is 1. The van der Waals surface area contributed by atoms with Crippen molar-refractivity contribution in [3.05, 3.63) is 35.4 Å². The molecule has 0 fully saturated rings. The van der Waals surface area contributed by atoms with E-state index in [0.717, 1.165) is 19.4 Å². The van der Waals surface area contributed by atoms with Crippen molar-refractivity contribution in [3.8, 4) is 0 Å². The predicted molar refractivity (Wildman–Crippen MR) is 52.3 cm³/mol. The average Bonchev–Trinajstić information content (AvgIpc) is 2.58. The largest absolute Gasteiger partial charge is 0.396 e. The van der Waals surface area contributed by atoms with E-state index in [1.165, 1.54) is 11.1 Å². The minimum Gasteiger partial charge on any atom is -0.396 e. The van der Waals surface area contributed by atoms with Crippen LogP contribution in [0.15, 0.2) is 24.3 Å². The SMILES string of the molecule is OCCCC1NCc2ccccc21. The van der Waals surface area contributed by atoms with Crippen LogP contribution in [0.4, 0.5) is 0 Å². The van der Waals surface area contributed by atoms with Crippen molar-refractivity contribution in [2.45, 2.75) is 25.4 Å². The number of rotatable bonds is 3. The molecule has 2 rings (SSSR count). The van der Waals surface area contributed by atoms with Gasteiger partial charge in [-0.1, -0.05) is 24.3 Å². The highest BCUT2D eigenvalue weighted by Gasteiger charge is 2.19. The molecule has 0 saturated heterocycles. The number of nitrogens with one attached hydrogen (secondary N) is 1. The second kappa shape index (κ2) is 3.90. The van der Waals surface area contributed by atoms with Crippen LogP contribution in [-0.2, 0) is 6.54 Å². The Morgan fingerprint density at radius 2 is 2.23 bits per heavy atom. The molecule has 1 aliphatic heterocycles. The Bertz CT molecular complexity index is 285. The quantitative estimate of drug-likeness (QED) is 0.735. The Balaban J connectivity index is 2.09. The standard InChI is InChI=1S/C11H15NO/c13-7-3-6-11-10-5-2-1-4-9(10)8-12-11/h1-2,4-5,11-13H,3,6-8H2. The van der Waals surface area contributed by atoms with Gasteiger partial charge in [0, 0.05) is 19.2 Å². The van der Waals surface area contributed by atoms with Gasteiger partial charge in [0.05, 0.1) is 0 Å². The maximum atomic E-state index is 8.75. The molecular weight excluding hydrogens is 162 g/mol. The van der Waals surface area contributed by atoms with Gasteiger partial charge in [0.15, 0.2) is 0 Å². The number of benzene rings is 1. The molecule has 0 bridgehead atoms. The lowest BCUT2D eigenvalue weighted by molar-refractivity contribution is 0.276. The summed E-state index contributed by atoms with van der Waals surface area (Å²) < 4.78 is 0. The molecule has 13 heavy (non-hydrogen) atoms. The smallest absolute Gasteiger partial charge is 0.0431 e. The van der Waals surface area contributed by atoms with Gasteiger partial charge in [-0.2, -0.15) is 0 Å². The third-order valence-electron chi connectivity index (χ3n) is 2.62. The molecule has 0 spiro atoms. The van der Waals surface area contributed by atoms with Gasteiger partial charge in [0.2, 0.25) is 0 Å². The molecular formula is C11H15NO. The Morgan fingerprint density at radius 3 is 3.08 bits per heavy atom. The maximum Gasteiger partial charge on any atom is 0.0431 e. The zero-order valence-corrected chi connectivity index (χ0v) is 7.66. The summed E-state index contributed by atoms with van der Waals surface area (Å²) in [5.74, 6) is 0. The highest BCUT2D eigenvalue weighted by Crippen LogP contribution is 2.27. The molecule has 2 N–H and O–H groups in total. The van der Waals surface area contributed by atoms with Gasteiger partial charge in [-0.25, -0.2) is 0 Å². The number of hydrogen-bond acceptors (Lipinski definition) is 2. The molecule has 1 aromatic carbocycles. The van der Waals surface area contributed by atoms with E-state index in [1.807, 2.05) is 0 Å². The molecule has 0 amide bonds. The first-order valence-electron chi connectivity index (χ1n) is 4.84. The zero-order valence-electron chi connectivity index (χ0n) is 7.66. The molecule has 0 radical (unpaired) electrons. The molecule has 1 heterocycles. The van der Waals surface area contributed by atoms with E-state index < -0.39 is 0 Å². The second-order valence-electron chi connectivity index (χ2n) is 3.50. The fourth-order valence-corrected chi connectivity index (χ4v) is 1.93. The van der Waals surface area contributed by atoms with Crippen LogP contribution in [0.25, 0.3) is 0 Å². The van der Waals surface area contributed by atoms with E-state index in [9.17, 15) is 0 Å². The fraction of sp³-hybridized carbons (Fsp3) is 0.455. The summed E-state index contributed by atoms with van der Waals surface area (Å²) in [5.41, 5.74) is 2.82. The summed E-state index contributed by atoms with van der Waals surface area (Å²) in [5, 5.41) is 12.2. The molecule has 0 saturated carbocycles. The topological polar surface area (TPSA) is 32.3 Å². The van der Waals surface area contributed by atoms with Crippen molar-refractivity contribution in [1.82, 2.24) is 5.32 Å². The average molecular weight is 177 g/mol. The molecule has 70 valence electrons. The first-order chi connectivity index (χ1) is 6.42. The number of fused-ring (bicyclic) bond motifs is 1. The first-order valence-corrected chi connectivity index (χ1v) is 4.84. The van der Waals surface area contributed by atoms with E-state index in [-0.39, 0.29) is 0 Å². The predicted octanol–water partition coefficient (Wildman–Crippen LogP) is 1.60. The minimum atomic E-state index is 0.292. The molecule has 2 nitrogen and oxygen atoms in total. The summed E-state index contributed by atoms with van der Waals surface area (Å²) in [7, 11) is 0. The van der Waals surface area contributed by atoms with Gasteiger partial charge in [0.25, 0.3) is 0 Å². The summed E-state index contributed by atoms with van der Waals surface area (Å²) in [6, 6.07) is 8.97. The van der Waals surface area contributed by atoms with Crippen LogP contribution in [0.1, 0.15) is 30.0 Å². The third-order valence-corrected chi connectivity index (χ3v) is 2.62. The molecule has 1 aliphatic rings. The Kier molecular flexibility index (Phi) is 2.62. The van der Waals surface area contributed by atoms with E-state index in [0.29, 0.717) is 12.6 Å². The summed E-state index contributed by atoms with van der Waals surface area (Å²) >= 11 is 0. The normalized spacial score (nSPS) is 20.2. The summed E-state index contributed by atoms with van der Waals surface area (Å²) in [6.07, 6.45) is 1.92. The third kappa shape index (κ3) is 1.74. The van der Waals surface area contributed by atoms with Crippen molar-refractivity contribution in [2.75, 3.05) is 6.61 Å². The van der Waals surface area contributed by atoms with Crippen molar-refractivity contribution < 1.29 is 5.11 Å². The highest BCUT2D eigenvalue weighted by atomic mass is 16.2. The van der Waals surface area contributed by atoms with E-state index in [1.54, 1.807) is 0 Å². The van der Waals surface area contributed by atoms with Crippen LogP contribution in [0, 0.1) is 0 Å². The van der Waals surface area contributed by atoms with Gasteiger partial charge in [-0.15, -0.1) is 0 Å². The Hall–Kier alpha value is -0.860. The van der Waals surface area contributed by atoms with Crippen molar-refractivity contribution in [3.63, 3.8) is 0 Å². The van der Waals surface area contributed by atoms with Crippen molar-refractivity contribution in [1.29, 1.82) is 0 Å². The second-order valence-corrected chi connectivity index (χ2v) is 3.50. The molecule has 1 aromatic rings. The summed E-state index contributed by atoms with van der Waals surface area (Å²) in [6.45, 7) is 1.27. The summed E-state index contributed by atoms with van der Waals surface area (Å²) in [4.78, 5) is 0. The van der Waals surface area contributed by atoms with Crippen LogP contribution in [0.2, 0.25) is 0 Å². The lowest BCUT2D eigenvalue weighted by atomic mass is 10.0. The van der Waals surface area contributed by atoms with Crippen molar-refractivity contribution in [2.24, 2.45) is 0 Å². The number of aliphatic hydroxyl groups excluding tert-OH is 1. The van der Waals surface area contributed by atoms with Crippen LogP contribution >= 0.6 is 0 Å². The highest BCUT2D eigenvalue weighted by molar-refractivity contribution is 5.33. The minimum absolute atomic E-state index is 0.292. The van der Waals surface area contributed by atoms with Crippen LogP contribution < -0.4 is 5.32 Å². The van der Waals surface area contributed by atoms with Crippen molar-refractivity contribution >= 4 is 0 Å². The molecule has 2 heteroatoms. The van der Waals surface area contributed by atoms with Crippen LogP contribution in [0.3, 0.4) is 0 Å². The fourth-order valence-electron chi connectivity index (χ4n) is 1.93. The van der Waals surface area contributed by atoms with Gasteiger partial charge in [-0.05, 0) is 24.0 Å². The van der Waals surface area contributed by atoms with Gasteiger partial charge < -0.3 is 10.4 Å².